The first kappa shape index (κ1) is 37.7. The highest BCUT2D eigenvalue weighted by atomic mass is 35.5. The molecule has 2 rings (SSSR count). The summed E-state index contributed by atoms with van der Waals surface area (Å²) in [4.78, 5) is 65.8. The number of nitrogens with one attached hydrogen (secondary N) is 1. The Morgan fingerprint density at radius 2 is 1.91 bits per heavy atom. The van der Waals surface area contributed by atoms with E-state index in [-0.39, 0.29) is 19.8 Å². The Hall–Kier alpha value is -2.48. The Kier molecular flexibility index (Phi) is 16.4. The van der Waals surface area contributed by atoms with Gasteiger partial charge in [-0.15, -0.1) is 0 Å². The standard InChI is InChI=1S/C29H38Cl2FN3O7S2/c1-18(2)43-44-26(19(3)34(4)17-36)10-12-41-27(38)14-23(25(37)15-32)33-28(39)24-7-5-6-11-35(24)29(40)42-16-20-8-9-21(30)22(31)13-20/h8-9,13,17-18,23-24H,5-7,10-12,14-16H2,1-4H3,(H,33,39)/b26-19-/t23?,24-/m0/s1. The van der Waals surface area contributed by atoms with Crippen molar-refractivity contribution in [1.29, 1.82) is 0 Å². The number of ketones is 1. The second-order valence-electron chi connectivity index (χ2n) is 10.3. The van der Waals surface area contributed by atoms with Gasteiger partial charge in [0.05, 0.1) is 23.1 Å². The van der Waals surface area contributed by atoms with Gasteiger partial charge in [0.2, 0.25) is 12.3 Å². The molecule has 1 aliphatic heterocycles. The van der Waals surface area contributed by atoms with Crippen molar-refractivity contribution in [2.75, 3.05) is 26.9 Å². The van der Waals surface area contributed by atoms with Crippen LogP contribution in [-0.4, -0.2) is 84.2 Å². The molecule has 1 heterocycles. The van der Waals surface area contributed by atoms with Crippen LogP contribution >= 0.6 is 44.8 Å². The first-order valence-corrected chi connectivity index (χ1v) is 17.0. The molecule has 1 aromatic carbocycles. The third-order valence-electron chi connectivity index (χ3n) is 6.62. The van der Waals surface area contributed by atoms with Gasteiger partial charge in [-0.3, -0.25) is 24.1 Å². The maximum absolute atomic E-state index is 13.4. The zero-order valence-electron chi connectivity index (χ0n) is 25.1. The van der Waals surface area contributed by atoms with Crippen LogP contribution in [0.5, 0.6) is 0 Å². The fraction of sp³-hybridized carbons (Fsp3) is 0.552. The summed E-state index contributed by atoms with van der Waals surface area (Å²) in [6.07, 6.45) is 1.25. The average Bonchev–Trinajstić information content (AvgIpc) is 3.01. The van der Waals surface area contributed by atoms with Crippen LogP contribution in [0.3, 0.4) is 0 Å². The molecule has 2 atom stereocenters. The fourth-order valence-electron chi connectivity index (χ4n) is 4.08. The molecule has 1 saturated heterocycles. The van der Waals surface area contributed by atoms with E-state index in [9.17, 15) is 28.4 Å². The maximum atomic E-state index is 13.4. The Bertz CT molecular complexity index is 1220. The van der Waals surface area contributed by atoms with Crippen LogP contribution in [0, 0.1) is 0 Å². The predicted octanol–water partition coefficient (Wildman–Crippen LogP) is 5.94. The molecule has 1 aromatic rings. The minimum Gasteiger partial charge on any atom is -0.465 e. The van der Waals surface area contributed by atoms with Gasteiger partial charge in [0.25, 0.3) is 0 Å². The van der Waals surface area contributed by atoms with Gasteiger partial charge in [0, 0.05) is 35.9 Å². The summed E-state index contributed by atoms with van der Waals surface area (Å²) >= 11 is 11.9. The smallest absolute Gasteiger partial charge is 0.410 e. The lowest BCUT2D eigenvalue weighted by Gasteiger charge is -2.34. The Labute approximate surface area is 275 Å². The van der Waals surface area contributed by atoms with Crippen molar-refractivity contribution < 1.29 is 37.8 Å². The number of carbonyl (C=O) groups excluding carboxylic acids is 5. The molecule has 0 aliphatic carbocycles. The summed E-state index contributed by atoms with van der Waals surface area (Å²) in [6, 6.07) is 2.34. The summed E-state index contributed by atoms with van der Waals surface area (Å²) in [6.45, 7) is 4.52. The van der Waals surface area contributed by atoms with E-state index in [1.807, 2.05) is 13.8 Å². The van der Waals surface area contributed by atoms with Crippen molar-refractivity contribution in [3.8, 4) is 0 Å². The van der Waals surface area contributed by atoms with Crippen LogP contribution in [0.15, 0.2) is 28.8 Å². The van der Waals surface area contributed by atoms with Crippen LogP contribution in [0.25, 0.3) is 0 Å². The van der Waals surface area contributed by atoms with E-state index in [1.54, 1.807) is 43.0 Å². The van der Waals surface area contributed by atoms with Gasteiger partial charge >= 0.3 is 12.1 Å². The molecule has 3 amide bonds. The van der Waals surface area contributed by atoms with Crippen molar-refractivity contribution in [3.05, 3.63) is 44.4 Å². The molecular formula is C29H38Cl2FN3O7S2. The van der Waals surface area contributed by atoms with E-state index in [0.29, 0.717) is 58.6 Å². The number of likely N-dealkylation sites (tertiary alicyclic amines) is 1. The lowest BCUT2D eigenvalue weighted by molar-refractivity contribution is -0.146. The van der Waals surface area contributed by atoms with E-state index in [0.717, 1.165) is 4.91 Å². The minimum absolute atomic E-state index is 0.0462. The molecule has 0 aromatic heterocycles. The first-order valence-electron chi connectivity index (χ1n) is 14.0. The molecule has 1 N–H and O–H groups in total. The number of carbonyl (C=O) groups is 5. The number of rotatable bonds is 16. The molecule has 10 nitrogen and oxygen atoms in total. The van der Waals surface area contributed by atoms with Crippen molar-refractivity contribution in [2.45, 2.75) is 76.8 Å². The second kappa shape index (κ2) is 19.1. The number of benzene rings is 1. The highest BCUT2D eigenvalue weighted by Gasteiger charge is 2.35. The van der Waals surface area contributed by atoms with Gasteiger partial charge in [-0.1, -0.05) is 64.7 Å². The van der Waals surface area contributed by atoms with Gasteiger partial charge in [0.1, 0.15) is 25.4 Å². The highest BCUT2D eigenvalue weighted by molar-refractivity contribution is 8.78. The summed E-state index contributed by atoms with van der Waals surface area (Å²) < 4.78 is 24.1. The zero-order valence-corrected chi connectivity index (χ0v) is 28.3. The molecule has 1 unspecified atom stereocenters. The molecule has 1 fully saturated rings. The maximum Gasteiger partial charge on any atom is 0.410 e. The minimum atomic E-state index is -1.47. The van der Waals surface area contributed by atoms with Gasteiger partial charge in [-0.2, -0.15) is 0 Å². The number of alkyl halides is 1. The number of Topliss-reactive ketones (excluding diaryl/α,β-unsaturated/α-hetero) is 1. The van der Waals surface area contributed by atoms with E-state index >= 15 is 0 Å². The summed E-state index contributed by atoms with van der Waals surface area (Å²) in [5, 5.41) is 3.41. The zero-order chi connectivity index (χ0) is 32.8. The Balaban J connectivity index is 2.01. The van der Waals surface area contributed by atoms with E-state index in [4.69, 9.17) is 32.7 Å². The lowest BCUT2D eigenvalue weighted by atomic mass is 10.0. The molecule has 0 bridgehead atoms. The summed E-state index contributed by atoms with van der Waals surface area (Å²) in [7, 11) is 4.69. The van der Waals surface area contributed by atoms with Crippen molar-refractivity contribution in [3.63, 3.8) is 0 Å². The number of halogens is 3. The normalized spacial score (nSPS) is 16.1. The topological polar surface area (TPSA) is 122 Å². The molecule has 15 heteroatoms. The molecule has 244 valence electrons. The summed E-state index contributed by atoms with van der Waals surface area (Å²) in [5.41, 5.74) is 1.31. The molecule has 0 spiro atoms. The fourth-order valence-corrected chi connectivity index (χ4v) is 6.68. The van der Waals surface area contributed by atoms with Gasteiger partial charge in [-0.25, -0.2) is 9.18 Å². The van der Waals surface area contributed by atoms with Crippen molar-refractivity contribution in [2.24, 2.45) is 0 Å². The molecule has 44 heavy (non-hydrogen) atoms. The lowest BCUT2D eigenvalue weighted by Crippen LogP contribution is -2.55. The van der Waals surface area contributed by atoms with E-state index in [2.05, 4.69) is 5.32 Å². The molecule has 0 radical (unpaired) electrons. The molecule has 0 saturated carbocycles. The van der Waals surface area contributed by atoms with E-state index in [1.165, 1.54) is 20.6 Å². The first-order chi connectivity index (χ1) is 20.9. The Morgan fingerprint density at radius 1 is 1.18 bits per heavy atom. The number of esters is 1. The van der Waals surface area contributed by atoms with Gasteiger partial charge < -0.3 is 19.7 Å². The van der Waals surface area contributed by atoms with Crippen LogP contribution in [0.1, 0.15) is 58.4 Å². The number of ether oxygens (including phenoxy) is 2. The predicted molar refractivity (Wildman–Crippen MR) is 171 cm³/mol. The largest absolute Gasteiger partial charge is 0.465 e. The number of hydrogen-bond donors (Lipinski definition) is 1. The van der Waals surface area contributed by atoms with Crippen LogP contribution < -0.4 is 5.32 Å². The van der Waals surface area contributed by atoms with Crippen molar-refractivity contribution >= 4 is 75.0 Å². The Morgan fingerprint density at radius 3 is 2.55 bits per heavy atom. The monoisotopic (exact) mass is 693 g/mol. The number of nitrogens with zero attached hydrogens (tertiary/aromatic N) is 2. The van der Waals surface area contributed by atoms with Gasteiger partial charge in [0.15, 0.2) is 5.78 Å². The van der Waals surface area contributed by atoms with Crippen molar-refractivity contribution in [1.82, 2.24) is 15.1 Å². The average molecular weight is 695 g/mol. The summed E-state index contributed by atoms with van der Waals surface area (Å²) in [5.74, 6) is -2.50. The van der Waals surface area contributed by atoms with Crippen LogP contribution in [0.2, 0.25) is 10.0 Å². The number of amides is 3. The third-order valence-corrected chi connectivity index (χ3v) is 10.6. The SMILES string of the molecule is C/C(=C(\CCOC(=O)CC(NC(=O)[C@@H]1CCCCN1C(=O)OCc1ccc(Cl)c(Cl)c1)C(=O)CF)SSC(C)C)N(C)C=O. The van der Waals surface area contributed by atoms with Crippen LogP contribution in [0.4, 0.5) is 9.18 Å². The van der Waals surface area contributed by atoms with Crippen LogP contribution in [-0.2, 0) is 35.3 Å². The van der Waals surface area contributed by atoms with Gasteiger partial charge in [-0.05, 0) is 43.9 Å². The second-order valence-corrected chi connectivity index (χ2v) is 14.0. The third kappa shape index (κ3) is 12.1. The molecular weight excluding hydrogens is 656 g/mol. The molecule has 1 aliphatic rings. The quantitative estimate of drug-likeness (QED) is 0.127. The number of hydrogen-bond acceptors (Lipinski definition) is 9. The van der Waals surface area contributed by atoms with E-state index < -0.39 is 48.9 Å². The number of allylic oxidation sites excluding steroid dienone is 1. The highest BCUT2D eigenvalue weighted by Crippen LogP contribution is 2.37. The number of piperidine rings is 1.